The molecule has 0 saturated heterocycles. The van der Waals surface area contributed by atoms with Crippen LogP contribution in [0.25, 0.3) is 0 Å². The molecule has 0 heterocycles. The second kappa shape index (κ2) is 10.7. The van der Waals surface area contributed by atoms with Crippen LogP contribution in [0.15, 0.2) is 0 Å². The molecular formula is C9H18NNaO5S2. The SMILES string of the molecule is CCN(C[C@H](O)[C@@H](O)[C@H](O)[C@H](O)CO)C(=S)[S-].[Na+]. The molecule has 0 rings (SSSR count). The van der Waals surface area contributed by atoms with E-state index in [0.29, 0.717) is 6.54 Å². The molecule has 0 aromatic heterocycles. The first kappa shape index (κ1) is 21.2. The van der Waals surface area contributed by atoms with Gasteiger partial charge >= 0.3 is 29.6 Å². The number of thiocarbonyl (C=S) groups is 1. The van der Waals surface area contributed by atoms with Gasteiger partial charge in [0.05, 0.1) is 12.7 Å². The van der Waals surface area contributed by atoms with Gasteiger partial charge in [0, 0.05) is 13.1 Å². The Hall–Kier alpha value is 0.910. The largest absolute Gasteiger partial charge is 1.00 e. The molecule has 0 aliphatic carbocycles. The summed E-state index contributed by atoms with van der Waals surface area (Å²) in [4.78, 5) is 1.47. The van der Waals surface area contributed by atoms with Crippen LogP contribution < -0.4 is 29.6 Å². The maximum absolute atomic E-state index is 9.63. The van der Waals surface area contributed by atoms with Crippen molar-refractivity contribution in [2.24, 2.45) is 0 Å². The third-order valence-corrected chi connectivity index (χ3v) is 2.89. The molecule has 0 aliphatic rings. The summed E-state index contributed by atoms with van der Waals surface area (Å²) in [6.45, 7) is 1.48. The van der Waals surface area contributed by atoms with Crippen molar-refractivity contribution in [3.63, 3.8) is 0 Å². The number of hydrogen-bond acceptors (Lipinski definition) is 7. The van der Waals surface area contributed by atoms with Crippen LogP contribution in [0.1, 0.15) is 6.92 Å². The standard InChI is InChI=1S/C9H19NO5S2.Na/c1-2-10(9(16)17)3-5(12)7(14)8(15)6(13)4-11;/h5-8,11-15H,2-4H2,1H3,(H,16,17);/q;+1/p-1/t5-,6+,7+,8+;/m0./s1. The van der Waals surface area contributed by atoms with E-state index >= 15 is 0 Å². The Balaban J connectivity index is 0. The molecule has 0 amide bonds. The predicted octanol–water partition coefficient (Wildman–Crippen LogP) is -5.42. The Bertz CT molecular complexity index is 249. The molecule has 0 aromatic carbocycles. The van der Waals surface area contributed by atoms with Gasteiger partial charge < -0.3 is 55.3 Å². The molecule has 18 heavy (non-hydrogen) atoms. The van der Waals surface area contributed by atoms with Gasteiger partial charge in [-0.15, -0.1) is 0 Å². The van der Waals surface area contributed by atoms with Crippen LogP contribution in [-0.4, -0.2) is 78.9 Å². The zero-order chi connectivity index (χ0) is 13.6. The van der Waals surface area contributed by atoms with Crippen molar-refractivity contribution in [3.8, 4) is 0 Å². The molecule has 0 radical (unpaired) electrons. The number of aliphatic hydroxyl groups excluding tert-OH is 5. The predicted molar refractivity (Wildman–Crippen MR) is 68.3 cm³/mol. The fourth-order valence-electron chi connectivity index (χ4n) is 1.23. The molecule has 5 N–H and O–H groups in total. The Morgan fingerprint density at radius 1 is 1.17 bits per heavy atom. The minimum absolute atomic E-state index is 0. The van der Waals surface area contributed by atoms with Crippen molar-refractivity contribution in [2.75, 3.05) is 19.7 Å². The summed E-state index contributed by atoms with van der Waals surface area (Å²) in [6, 6.07) is 0. The fourth-order valence-corrected chi connectivity index (χ4v) is 1.64. The van der Waals surface area contributed by atoms with Crippen LogP contribution in [0, 0.1) is 0 Å². The van der Waals surface area contributed by atoms with Gasteiger partial charge in [0.2, 0.25) is 0 Å². The molecule has 0 fully saturated rings. The average molecular weight is 307 g/mol. The average Bonchev–Trinajstić information content (AvgIpc) is 2.32. The molecule has 0 unspecified atom stereocenters. The van der Waals surface area contributed by atoms with E-state index in [1.54, 1.807) is 6.92 Å². The zero-order valence-corrected chi connectivity index (χ0v) is 14.1. The summed E-state index contributed by atoms with van der Waals surface area (Å²) in [6.07, 6.45) is -6.06. The van der Waals surface area contributed by atoms with Crippen molar-refractivity contribution in [3.05, 3.63) is 0 Å². The van der Waals surface area contributed by atoms with Crippen LogP contribution in [-0.2, 0) is 12.6 Å². The van der Waals surface area contributed by atoms with E-state index < -0.39 is 31.0 Å². The van der Waals surface area contributed by atoms with E-state index in [1.165, 1.54) is 4.90 Å². The second-order valence-electron chi connectivity index (χ2n) is 3.60. The van der Waals surface area contributed by atoms with E-state index in [4.69, 9.17) is 35.1 Å². The summed E-state index contributed by atoms with van der Waals surface area (Å²) in [5.74, 6) is 0. The molecule has 0 saturated carbocycles. The summed E-state index contributed by atoms with van der Waals surface area (Å²) in [5, 5.41) is 46.3. The molecule has 102 valence electrons. The van der Waals surface area contributed by atoms with E-state index in [9.17, 15) is 15.3 Å². The molecule has 6 nitrogen and oxygen atoms in total. The Labute approximate surface area is 139 Å². The van der Waals surface area contributed by atoms with Crippen molar-refractivity contribution < 1.29 is 55.1 Å². The monoisotopic (exact) mass is 307 g/mol. The third-order valence-electron chi connectivity index (χ3n) is 2.37. The van der Waals surface area contributed by atoms with E-state index in [2.05, 4.69) is 0 Å². The fraction of sp³-hybridized carbons (Fsp3) is 0.889. The summed E-state index contributed by atoms with van der Waals surface area (Å²) in [7, 11) is 0. The topological polar surface area (TPSA) is 104 Å². The van der Waals surface area contributed by atoms with Crippen molar-refractivity contribution in [2.45, 2.75) is 31.3 Å². The van der Waals surface area contributed by atoms with Crippen LogP contribution in [0.2, 0.25) is 0 Å². The normalized spacial score (nSPS) is 17.2. The molecule has 0 aromatic rings. The maximum atomic E-state index is 9.63. The Kier molecular flexibility index (Phi) is 12.6. The minimum Gasteiger partial charge on any atom is -0.411 e. The quantitative estimate of drug-likeness (QED) is 0.180. The van der Waals surface area contributed by atoms with E-state index in [1.807, 2.05) is 0 Å². The number of hydrogen-bond donors (Lipinski definition) is 5. The summed E-state index contributed by atoms with van der Waals surface area (Å²) >= 11 is 9.51. The van der Waals surface area contributed by atoms with Gasteiger partial charge in [0.1, 0.15) is 18.3 Å². The maximum Gasteiger partial charge on any atom is 1.00 e. The van der Waals surface area contributed by atoms with Gasteiger partial charge in [-0.3, -0.25) is 0 Å². The minimum atomic E-state index is -1.63. The van der Waals surface area contributed by atoms with Gasteiger partial charge in [-0.2, -0.15) is 0 Å². The van der Waals surface area contributed by atoms with Crippen molar-refractivity contribution in [1.29, 1.82) is 0 Å². The first-order valence-corrected chi connectivity index (χ1v) is 5.95. The first-order valence-electron chi connectivity index (χ1n) is 5.14. The summed E-state index contributed by atoms with van der Waals surface area (Å²) < 4.78 is 0.149. The van der Waals surface area contributed by atoms with Gasteiger partial charge in [0.15, 0.2) is 0 Å². The molecule has 0 spiro atoms. The van der Waals surface area contributed by atoms with E-state index in [0.717, 1.165) is 0 Å². The van der Waals surface area contributed by atoms with Crippen LogP contribution in [0.5, 0.6) is 0 Å². The van der Waals surface area contributed by atoms with Gasteiger partial charge in [-0.05, 0) is 6.92 Å². The third kappa shape index (κ3) is 6.90. The van der Waals surface area contributed by atoms with Crippen LogP contribution in [0.4, 0.5) is 0 Å². The second-order valence-corrected chi connectivity index (χ2v) is 4.63. The van der Waals surface area contributed by atoms with Crippen LogP contribution >= 0.6 is 12.2 Å². The number of rotatable bonds is 7. The Morgan fingerprint density at radius 3 is 1.94 bits per heavy atom. The van der Waals surface area contributed by atoms with Crippen molar-refractivity contribution >= 4 is 29.2 Å². The summed E-state index contributed by atoms with van der Waals surface area (Å²) in [5.41, 5.74) is 0. The number of likely N-dealkylation sites (N-methyl/N-ethyl adjacent to an activating group) is 1. The smallest absolute Gasteiger partial charge is 0.411 e. The number of nitrogens with zero attached hydrogens (tertiary/aromatic N) is 1. The first-order chi connectivity index (χ1) is 7.84. The van der Waals surface area contributed by atoms with Gasteiger partial charge in [-0.1, -0.05) is 4.32 Å². The van der Waals surface area contributed by atoms with Gasteiger partial charge in [0.25, 0.3) is 0 Å². The zero-order valence-electron chi connectivity index (χ0n) is 10.4. The van der Waals surface area contributed by atoms with E-state index in [-0.39, 0.29) is 40.4 Å². The molecule has 4 atom stereocenters. The molecular weight excluding hydrogens is 289 g/mol. The van der Waals surface area contributed by atoms with Crippen LogP contribution in [0.3, 0.4) is 0 Å². The molecule has 0 aliphatic heterocycles. The number of aliphatic hydroxyl groups is 5. The molecule has 9 heteroatoms. The van der Waals surface area contributed by atoms with Crippen molar-refractivity contribution in [1.82, 2.24) is 4.90 Å². The molecule has 0 bridgehead atoms. The van der Waals surface area contributed by atoms with Gasteiger partial charge in [-0.25, -0.2) is 0 Å². The Morgan fingerprint density at radius 2 is 1.61 bits per heavy atom.